The zero-order valence-electron chi connectivity index (χ0n) is 30.8. The number of furan rings is 1. The first-order chi connectivity index (χ1) is 28.1. The summed E-state index contributed by atoms with van der Waals surface area (Å²) in [5.41, 5.74) is 10.7. The van der Waals surface area contributed by atoms with E-state index in [0.29, 0.717) is 34.7 Å². The lowest BCUT2D eigenvalue weighted by molar-refractivity contribution is 0.588. The van der Waals surface area contributed by atoms with E-state index in [1.165, 1.54) is 6.20 Å². The highest BCUT2D eigenvalue weighted by Gasteiger charge is 2.19. The standard InChI is InChI=1S/C49H32N6O2/c1-30(51-27-26-50-2)49-52-41-28-40-43(29-44(41)57-49)56-42-19-11-18-39(45(40)42)38-25-24-35(36-16-9-10-17-37(36)38)31-20-22-34(23-21-31)48-54-46(32-12-5-3-6-13-32)53-47(55-48)33-14-7-4-8-15-33/h3-29H,2H2,1H3/b27-26-,51-30+. The average Bonchev–Trinajstić information content (AvgIpc) is 3.86. The van der Waals surface area contributed by atoms with Crippen LogP contribution in [0.25, 0.3) is 100 Å². The third kappa shape index (κ3) is 6.15. The fourth-order valence-electron chi connectivity index (χ4n) is 7.40. The van der Waals surface area contributed by atoms with Gasteiger partial charge in [-0.15, -0.1) is 0 Å². The predicted molar refractivity (Wildman–Crippen MR) is 230 cm³/mol. The Morgan fingerprint density at radius 2 is 1.09 bits per heavy atom. The molecule has 0 bridgehead atoms. The van der Waals surface area contributed by atoms with Crippen LogP contribution in [-0.2, 0) is 0 Å². The number of hydrogen-bond acceptors (Lipinski definition) is 8. The molecule has 10 rings (SSSR count). The number of aliphatic imine (C=N–C) groups is 2. The molecule has 270 valence electrons. The molecule has 0 aliphatic heterocycles. The van der Waals surface area contributed by atoms with Gasteiger partial charge in [-0.2, -0.15) is 0 Å². The van der Waals surface area contributed by atoms with Gasteiger partial charge >= 0.3 is 0 Å². The Kier molecular flexibility index (Phi) is 8.34. The lowest BCUT2D eigenvalue weighted by atomic mass is 9.90. The van der Waals surface area contributed by atoms with E-state index in [-0.39, 0.29) is 0 Å². The van der Waals surface area contributed by atoms with Crippen molar-refractivity contribution in [2.45, 2.75) is 6.92 Å². The quantitative estimate of drug-likeness (QED) is 0.144. The first kappa shape index (κ1) is 33.7. The summed E-state index contributed by atoms with van der Waals surface area (Å²) in [6.07, 6.45) is 3.08. The number of nitrogens with zero attached hydrogens (tertiary/aromatic N) is 6. The van der Waals surface area contributed by atoms with Crippen molar-refractivity contribution in [1.82, 2.24) is 19.9 Å². The molecule has 7 aromatic carbocycles. The summed E-state index contributed by atoms with van der Waals surface area (Å²) in [6, 6.07) is 51.6. The third-order valence-electron chi connectivity index (χ3n) is 10.1. The minimum atomic E-state index is 0.438. The van der Waals surface area contributed by atoms with Crippen LogP contribution >= 0.6 is 0 Å². The third-order valence-corrected chi connectivity index (χ3v) is 10.1. The Morgan fingerprint density at radius 1 is 0.491 bits per heavy atom. The van der Waals surface area contributed by atoms with Gasteiger partial charge in [-0.3, -0.25) is 9.98 Å². The van der Waals surface area contributed by atoms with Crippen LogP contribution < -0.4 is 0 Å². The van der Waals surface area contributed by atoms with Gasteiger partial charge in [0.2, 0.25) is 5.89 Å². The molecule has 3 aromatic heterocycles. The summed E-state index contributed by atoms with van der Waals surface area (Å²) in [5.74, 6) is 2.33. The summed E-state index contributed by atoms with van der Waals surface area (Å²) >= 11 is 0. The van der Waals surface area contributed by atoms with Crippen molar-refractivity contribution in [3.63, 3.8) is 0 Å². The highest BCUT2D eigenvalue weighted by Crippen LogP contribution is 2.42. The molecule has 0 unspecified atom stereocenters. The van der Waals surface area contributed by atoms with Crippen molar-refractivity contribution < 1.29 is 8.83 Å². The topological polar surface area (TPSA) is 103 Å². The molecule has 57 heavy (non-hydrogen) atoms. The monoisotopic (exact) mass is 736 g/mol. The number of aromatic nitrogens is 4. The van der Waals surface area contributed by atoms with Gasteiger partial charge in [-0.05, 0) is 58.8 Å². The highest BCUT2D eigenvalue weighted by atomic mass is 16.4. The fraction of sp³-hybridized carbons (Fsp3) is 0.0204. The Balaban J connectivity index is 1.05. The van der Waals surface area contributed by atoms with Gasteiger partial charge in [0.1, 0.15) is 16.7 Å². The molecular weight excluding hydrogens is 705 g/mol. The summed E-state index contributed by atoms with van der Waals surface area (Å²) in [7, 11) is 0. The summed E-state index contributed by atoms with van der Waals surface area (Å²) in [6.45, 7) is 5.29. The van der Waals surface area contributed by atoms with Gasteiger partial charge in [0.05, 0.1) is 5.71 Å². The highest BCUT2D eigenvalue weighted by molar-refractivity contribution is 6.18. The van der Waals surface area contributed by atoms with Crippen molar-refractivity contribution in [3.05, 3.63) is 170 Å². The SMILES string of the molecule is C=N/C=C\N=C(/C)c1nc2cc3c(cc2o1)oc1cccc(-c2ccc(-c4ccc(-c5nc(-c6ccccc6)nc(-c6ccccc6)n5)cc4)c4ccccc24)c13. The Hall–Kier alpha value is -7.84. The Morgan fingerprint density at radius 3 is 1.75 bits per heavy atom. The van der Waals surface area contributed by atoms with Crippen molar-refractivity contribution in [2.75, 3.05) is 0 Å². The molecule has 0 aliphatic rings. The lowest BCUT2D eigenvalue weighted by Gasteiger charge is -2.13. The largest absolute Gasteiger partial charge is 0.456 e. The summed E-state index contributed by atoms with van der Waals surface area (Å²) in [5, 5.41) is 4.27. The second-order valence-corrected chi connectivity index (χ2v) is 13.6. The number of rotatable bonds is 8. The molecule has 0 fully saturated rings. The van der Waals surface area contributed by atoms with Crippen LogP contribution in [-0.4, -0.2) is 32.4 Å². The molecule has 0 aliphatic carbocycles. The van der Waals surface area contributed by atoms with Crippen LogP contribution in [0.15, 0.2) is 183 Å². The first-order valence-corrected chi connectivity index (χ1v) is 18.5. The van der Waals surface area contributed by atoms with E-state index in [9.17, 15) is 0 Å². The second-order valence-electron chi connectivity index (χ2n) is 13.6. The van der Waals surface area contributed by atoms with Crippen LogP contribution in [0.4, 0.5) is 0 Å². The first-order valence-electron chi connectivity index (χ1n) is 18.5. The van der Waals surface area contributed by atoms with Crippen molar-refractivity contribution in [2.24, 2.45) is 9.98 Å². The van der Waals surface area contributed by atoms with Crippen LogP contribution in [0.5, 0.6) is 0 Å². The number of fused-ring (bicyclic) bond motifs is 5. The maximum Gasteiger partial charge on any atom is 0.241 e. The van der Waals surface area contributed by atoms with Gasteiger partial charge in [-0.1, -0.05) is 133 Å². The van der Waals surface area contributed by atoms with Gasteiger partial charge in [-0.25, -0.2) is 19.9 Å². The minimum Gasteiger partial charge on any atom is -0.456 e. The molecule has 0 spiro atoms. The van der Waals surface area contributed by atoms with E-state index >= 15 is 0 Å². The van der Waals surface area contributed by atoms with Crippen molar-refractivity contribution >= 4 is 56.2 Å². The van der Waals surface area contributed by atoms with Gasteiger partial charge in [0.25, 0.3) is 0 Å². The van der Waals surface area contributed by atoms with Crippen LogP contribution in [0, 0.1) is 0 Å². The van der Waals surface area contributed by atoms with E-state index in [0.717, 1.165) is 77.2 Å². The average molecular weight is 737 g/mol. The van der Waals surface area contributed by atoms with Crippen LogP contribution in [0.1, 0.15) is 12.8 Å². The molecule has 0 N–H and O–H groups in total. The van der Waals surface area contributed by atoms with Crippen LogP contribution in [0.3, 0.4) is 0 Å². The van der Waals surface area contributed by atoms with Crippen LogP contribution in [0.2, 0.25) is 0 Å². The molecule has 8 heteroatoms. The molecule has 3 heterocycles. The molecule has 0 amide bonds. The molecule has 0 atom stereocenters. The summed E-state index contributed by atoms with van der Waals surface area (Å²) in [4.78, 5) is 27.5. The normalized spacial score (nSPS) is 12.1. The smallest absolute Gasteiger partial charge is 0.241 e. The molecule has 8 nitrogen and oxygen atoms in total. The zero-order chi connectivity index (χ0) is 38.3. The van der Waals surface area contributed by atoms with Crippen molar-refractivity contribution in [1.29, 1.82) is 0 Å². The number of hydrogen-bond donors (Lipinski definition) is 0. The van der Waals surface area contributed by atoms with Gasteiger partial charge in [0, 0.05) is 45.9 Å². The Labute approximate surface area is 327 Å². The molecule has 0 saturated heterocycles. The van der Waals surface area contributed by atoms with E-state index in [1.54, 1.807) is 6.20 Å². The number of benzene rings is 7. The fourth-order valence-corrected chi connectivity index (χ4v) is 7.40. The Bertz CT molecular complexity index is 3140. The molecular formula is C49H32N6O2. The molecule has 0 saturated carbocycles. The minimum absolute atomic E-state index is 0.438. The summed E-state index contributed by atoms with van der Waals surface area (Å²) < 4.78 is 12.5. The number of oxazole rings is 1. The molecule has 0 radical (unpaired) electrons. The maximum atomic E-state index is 6.43. The van der Waals surface area contributed by atoms with E-state index < -0.39 is 0 Å². The van der Waals surface area contributed by atoms with Gasteiger partial charge in [0.15, 0.2) is 23.1 Å². The van der Waals surface area contributed by atoms with Gasteiger partial charge < -0.3 is 8.83 Å². The maximum absolute atomic E-state index is 6.43. The molecule has 10 aromatic rings. The van der Waals surface area contributed by atoms with Crippen molar-refractivity contribution in [3.8, 4) is 56.4 Å². The lowest BCUT2D eigenvalue weighted by Crippen LogP contribution is -2.00. The van der Waals surface area contributed by atoms with E-state index in [2.05, 4.69) is 83.4 Å². The zero-order valence-corrected chi connectivity index (χ0v) is 30.8. The van der Waals surface area contributed by atoms with E-state index in [4.69, 9.17) is 28.8 Å². The second kappa shape index (κ2) is 14.1. The van der Waals surface area contributed by atoms with E-state index in [1.807, 2.05) is 91.9 Å². The predicted octanol–water partition coefficient (Wildman–Crippen LogP) is 12.4.